The first-order valence-electron chi connectivity index (χ1n) is 28.0. The summed E-state index contributed by atoms with van der Waals surface area (Å²) in [5.41, 5.74) is 0. The van der Waals surface area contributed by atoms with Crippen LogP contribution >= 0.6 is 0 Å². The predicted molar refractivity (Wildman–Crippen MR) is 260 cm³/mol. The quantitative estimate of drug-likeness (QED) is 0.107. The molecule has 24 N–H and O–H groups in total. The van der Waals surface area contributed by atoms with Crippen molar-refractivity contribution in [2.24, 2.45) is 5.92 Å². The van der Waals surface area contributed by atoms with E-state index in [0.717, 1.165) is 0 Å². The van der Waals surface area contributed by atoms with Crippen LogP contribution in [0.15, 0.2) is 0 Å². The van der Waals surface area contributed by atoms with Crippen molar-refractivity contribution in [2.45, 2.75) is 239 Å². The second-order valence-electron chi connectivity index (χ2n) is 22.5. The molecule has 0 aromatic heterocycles. The van der Waals surface area contributed by atoms with Gasteiger partial charge in [0.05, 0.1) is 71.2 Å². The molecule has 40 atom stereocenters. The van der Waals surface area contributed by atoms with Gasteiger partial charge in [-0.1, -0.05) is 0 Å². The fourth-order valence-corrected chi connectivity index (χ4v) is 12.3. The van der Waals surface area contributed by atoms with E-state index >= 15 is 0 Å². The van der Waals surface area contributed by atoms with Gasteiger partial charge in [-0.25, -0.2) is 0 Å². The summed E-state index contributed by atoms with van der Waals surface area (Å²) in [7, 11) is 0. The van der Waals surface area contributed by atoms with Crippen molar-refractivity contribution < 1.29 is 235 Å². The van der Waals surface area contributed by atoms with Gasteiger partial charge in [0.15, 0.2) is 44.0 Å². The standard InChI is InChI=1S/C48H80O39.Ce/c49-1-9-17-18(57)27(66)42(74-9)82-35-11(3-51)76-44(29(68)21(35)60)84-37-13(5-53)78-46(31(70)23(37)62)86-39-15(7-55)80-48(33(72)25(39)64)87-40-16(8-56)79-47(32(71)26(40)65)85-38-14(6-54)77-45(30(69)24(38)63)83-36-12(4-52)75-43(28(67)22(36)61)81-34-10(2-50)73-41(17)20(59)19(34)58;/h9-72H,1-8H2;/t9-,10-,11-,12-,13-,14-,15-,16-,17?,18+,19-,20-,21-,22-,23-,24-,25-,26-,27-,28-,29-,30-,31-,32-,33-,34?,35-,36-,37-,38-,39-,40-,41?,42?,43?,44-,45-,46-,47-,48-;/m1./s1. The van der Waals surface area contributed by atoms with Crippen LogP contribution in [-0.2, 0) is 71.1 Å². The van der Waals surface area contributed by atoms with Crippen molar-refractivity contribution in [1.29, 1.82) is 0 Å². The molecule has 0 aromatic rings. The maximum atomic E-state index is 11.6. The van der Waals surface area contributed by atoms with Crippen molar-refractivity contribution in [1.82, 2.24) is 0 Å². The number of aliphatic hydroxyl groups is 24. The maximum absolute atomic E-state index is 11.6. The minimum absolute atomic E-state index is 0. The number of hydrogen-bond donors (Lipinski definition) is 24. The first-order valence-corrected chi connectivity index (χ1v) is 28.0. The normalized spacial score (nSPS) is 55.1. The number of ether oxygens (including phenoxy) is 15. The Hall–Kier alpha value is -0.183. The zero-order valence-corrected chi connectivity index (χ0v) is 49.2. The average Bonchev–Trinajstić information content (AvgIpc) is 2.45. The third-order valence-corrected chi connectivity index (χ3v) is 17.2. The Morgan fingerprint density at radius 1 is 0.159 bits per heavy atom. The fourth-order valence-electron chi connectivity index (χ4n) is 12.3. The summed E-state index contributed by atoms with van der Waals surface area (Å²) in [6, 6.07) is 0. The molecule has 39 nitrogen and oxygen atoms in total. The second-order valence-corrected chi connectivity index (χ2v) is 22.5. The molecule has 30 heterocycles. The van der Waals surface area contributed by atoms with E-state index < -0.39 is 298 Å². The molecule has 0 aliphatic carbocycles. The van der Waals surface area contributed by atoms with Gasteiger partial charge >= 0.3 is 0 Å². The number of rotatable bonds is 8. The molecule has 30 rings (SSSR count). The molecular weight excluding hydrogens is 1340 g/mol. The van der Waals surface area contributed by atoms with E-state index in [1.54, 1.807) is 0 Å². The van der Waals surface area contributed by atoms with Crippen molar-refractivity contribution in [3.63, 3.8) is 0 Å². The largest absolute Gasteiger partial charge is 0.394 e. The molecule has 0 spiro atoms. The van der Waals surface area contributed by atoms with Gasteiger partial charge in [-0.15, -0.1) is 0 Å². The molecule has 510 valence electrons. The van der Waals surface area contributed by atoms with Crippen molar-refractivity contribution >= 4 is 0 Å². The van der Waals surface area contributed by atoms with E-state index in [1.165, 1.54) is 0 Å². The summed E-state index contributed by atoms with van der Waals surface area (Å²) in [4.78, 5) is 0. The molecule has 5 unspecified atom stereocenters. The summed E-state index contributed by atoms with van der Waals surface area (Å²) in [5.74, 6) is -1.75. The van der Waals surface area contributed by atoms with Crippen LogP contribution in [0, 0.1) is 47.7 Å². The summed E-state index contributed by atoms with van der Waals surface area (Å²) in [6.07, 6.45) is -79.7. The maximum Gasteiger partial charge on any atom is 0.187 e. The first kappa shape index (κ1) is 73.6. The third-order valence-electron chi connectivity index (χ3n) is 17.2. The van der Waals surface area contributed by atoms with Gasteiger partial charge in [0, 0.05) is 47.7 Å². The van der Waals surface area contributed by atoms with E-state index in [-0.39, 0.29) is 41.7 Å². The van der Waals surface area contributed by atoms with Crippen LogP contribution in [0.2, 0.25) is 0 Å². The van der Waals surface area contributed by atoms with Crippen molar-refractivity contribution in [3.8, 4) is 0 Å². The van der Waals surface area contributed by atoms with E-state index in [9.17, 15) is 123 Å². The minimum Gasteiger partial charge on any atom is -0.394 e. The molecule has 0 radical (unpaired) electrons. The smallest absolute Gasteiger partial charge is 0.187 e. The van der Waals surface area contributed by atoms with Gasteiger partial charge in [-0.2, -0.15) is 0 Å². The average molecular weight is 1420 g/mol. The Morgan fingerprint density at radius 2 is 0.307 bits per heavy atom. The van der Waals surface area contributed by atoms with E-state index in [4.69, 9.17) is 71.1 Å². The Morgan fingerprint density at radius 3 is 0.500 bits per heavy atom. The van der Waals surface area contributed by atoms with Crippen LogP contribution in [0.4, 0.5) is 0 Å². The minimum atomic E-state index is -2.25. The van der Waals surface area contributed by atoms with Crippen LogP contribution < -0.4 is 0 Å². The van der Waals surface area contributed by atoms with E-state index in [0.29, 0.717) is 0 Å². The Labute approximate surface area is 530 Å². The molecule has 30 fully saturated rings. The van der Waals surface area contributed by atoms with E-state index in [2.05, 4.69) is 0 Å². The topological polar surface area (TPSA) is 624 Å². The van der Waals surface area contributed by atoms with Gasteiger partial charge in [0.1, 0.15) is 177 Å². The molecule has 0 amide bonds. The van der Waals surface area contributed by atoms with Crippen molar-refractivity contribution in [3.05, 3.63) is 0 Å². The predicted octanol–water partition coefficient (Wildman–Crippen LogP) is -17.1. The van der Waals surface area contributed by atoms with Gasteiger partial charge < -0.3 is 194 Å². The Kier molecular flexibility index (Phi) is 26.2. The first-order chi connectivity index (χ1) is 41.4. The van der Waals surface area contributed by atoms with Crippen LogP contribution in [-0.4, -0.2) is 415 Å². The summed E-state index contributed by atoms with van der Waals surface area (Å²) < 4.78 is 85.8. The van der Waals surface area contributed by atoms with Gasteiger partial charge in [0.2, 0.25) is 0 Å². The molecule has 0 aromatic carbocycles. The molecule has 30 aliphatic rings. The molecule has 88 heavy (non-hydrogen) atoms. The molecule has 0 saturated carbocycles. The molecule has 40 heteroatoms. The summed E-state index contributed by atoms with van der Waals surface area (Å²) >= 11 is 0. The zero-order valence-electron chi connectivity index (χ0n) is 46.1. The van der Waals surface area contributed by atoms with Gasteiger partial charge in [-0.05, 0) is 0 Å². The monoisotopic (exact) mass is 1420 g/mol. The van der Waals surface area contributed by atoms with E-state index in [1.807, 2.05) is 0 Å². The third kappa shape index (κ3) is 14.3. The second kappa shape index (κ2) is 31.3. The van der Waals surface area contributed by atoms with Crippen molar-refractivity contribution in [2.75, 3.05) is 52.9 Å². The summed E-state index contributed by atoms with van der Waals surface area (Å²) in [5, 5.41) is 266. The van der Waals surface area contributed by atoms with Crippen LogP contribution in [0.3, 0.4) is 0 Å². The zero-order chi connectivity index (χ0) is 63.4. The Bertz CT molecular complexity index is 2130. The van der Waals surface area contributed by atoms with Gasteiger partial charge in [-0.3, -0.25) is 0 Å². The van der Waals surface area contributed by atoms with Crippen LogP contribution in [0.1, 0.15) is 0 Å². The SMILES string of the molecule is OC[C@H]1OC2C3[C@@H](CO)OC(O[C@H]4[C@H](O)[C@@H](O)[C@@H](O[C@H]5[C@H](O)[C@@H](O)[C@@H](O[C@H]6[C@H](O)[C@@H](O)[C@@H](O[C@H]7[C@H](O)[C@@H](O)[C@@H](O[C@H]8[C@H](O)[C@@H](O)[C@@H](O[C@H]9[C@H](O)[C@@H](O)C(OC1[C@H](O)[C@H]2O)O[C@@H]9CO)O[C@@H]8CO)O[C@@H]7CO)O[C@@H]6CO)O[C@@H]5CO)O[C@@H]4CO)[C@H](O)[C@H]3O.[Ce]. The Balaban J connectivity index is 0.0000100. The molecule has 30 aliphatic heterocycles. The van der Waals surface area contributed by atoms with Gasteiger partial charge in [0.25, 0.3) is 0 Å². The molecular formula is C48H80CeO39. The number of aliphatic hydroxyl groups excluding tert-OH is 24. The summed E-state index contributed by atoms with van der Waals surface area (Å²) in [6.45, 7) is -8.63. The van der Waals surface area contributed by atoms with Crippen LogP contribution in [0.25, 0.3) is 0 Å². The number of hydrogen-bond acceptors (Lipinski definition) is 39. The fraction of sp³-hybridized carbons (Fsp3) is 1.00. The molecule has 16 bridgehead atoms. The van der Waals surface area contributed by atoms with Crippen LogP contribution in [0.5, 0.6) is 0 Å². The molecule has 30 saturated heterocycles.